The highest BCUT2D eigenvalue weighted by atomic mass is 16.1. The lowest BCUT2D eigenvalue weighted by atomic mass is 9.52. The number of hydrogen-bond acceptors (Lipinski definition) is 1. The van der Waals surface area contributed by atoms with E-state index < -0.39 is 0 Å². The van der Waals surface area contributed by atoms with Crippen LogP contribution in [-0.4, -0.2) is 5.78 Å². The molecule has 3 rings (SSSR count). The van der Waals surface area contributed by atoms with Crippen molar-refractivity contribution in [3.8, 4) is 0 Å². The van der Waals surface area contributed by atoms with Gasteiger partial charge in [-0.25, -0.2) is 0 Å². The Balaban J connectivity index is 2.51. The van der Waals surface area contributed by atoms with E-state index in [1.165, 1.54) is 12.0 Å². The first-order valence-electron chi connectivity index (χ1n) is 5.64. The van der Waals surface area contributed by atoms with Crippen molar-refractivity contribution in [2.24, 2.45) is 16.7 Å². The molecule has 1 heteroatoms. The highest BCUT2D eigenvalue weighted by Gasteiger charge is 2.52. The topological polar surface area (TPSA) is 17.1 Å². The third-order valence-corrected chi connectivity index (χ3v) is 4.62. The molecular weight excluding hydrogens is 172 g/mol. The van der Waals surface area contributed by atoms with Crippen LogP contribution >= 0.6 is 0 Å². The summed E-state index contributed by atoms with van der Waals surface area (Å²) < 4.78 is 0. The molecule has 0 aliphatic heterocycles. The molecule has 14 heavy (non-hydrogen) atoms. The van der Waals surface area contributed by atoms with Crippen LogP contribution in [0, 0.1) is 16.7 Å². The predicted octanol–water partition coefficient (Wildman–Crippen LogP) is 3.35. The third-order valence-electron chi connectivity index (χ3n) is 4.62. The maximum absolute atomic E-state index is 12.1. The Morgan fingerprint density at radius 1 is 1.36 bits per heavy atom. The van der Waals surface area contributed by atoms with Crippen molar-refractivity contribution >= 4 is 5.78 Å². The average Bonchev–Trinajstić information content (AvgIpc) is 2.08. The molecule has 0 aromatic carbocycles. The molecule has 0 heterocycles. The molecule has 0 aromatic heterocycles. The number of allylic oxidation sites excluding steroid dienone is 2. The molecule has 0 N–H and O–H groups in total. The molecule has 1 fully saturated rings. The summed E-state index contributed by atoms with van der Waals surface area (Å²) in [7, 11) is 0. The van der Waals surface area contributed by atoms with Crippen molar-refractivity contribution in [1.29, 1.82) is 0 Å². The minimum Gasteiger partial charge on any atom is -0.299 e. The molecule has 0 aromatic rings. The zero-order valence-corrected chi connectivity index (χ0v) is 9.68. The fourth-order valence-corrected chi connectivity index (χ4v) is 3.06. The Morgan fingerprint density at radius 2 is 2.00 bits per heavy atom. The first-order chi connectivity index (χ1) is 6.41. The van der Waals surface area contributed by atoms with Gasteiger partial charge in [-0.15, -0.1) is 0 Å². The quantitative estimate of drug-likeness (QED) is 0.582. The second-order valence-corrected chi connectivity index (χ2v) is 5.68. The van der Waals surface area contributed by atoms with Crippen LogP contribution in [0.1, 0.15) is 47.0 Å². The molecule has 1 nitrogen and oxygen atoms in total. The summed E-state index contributed by atoms with van der Waals surface area (Å²) in [6.07, 6.45) is 5.30. The van der Waals surface area contributed by atoms with Crippen LogP contribution in [0.25, 0.3) is 0 Å². The minimum atomic E-state index is -0.109. The molecule has 3 aliphatic carbocycles. The molecular formula is C13H20O. The summed E-state index contributed by atoms with van der Waals surface area (Å²) in [6, 6.07) is 0. The summed E-state index contributed by atoms with van der Waals surface area (Å²) in [5, 5.41) is 0. The number of ketones is 1. The first-order valence-corrected chi connectivity index (χ1v) is 5.64. The van der Waals surface area contributed by atoms with E-state index in [1.54, 1.807) is 0 Å². The average molecular weight is 192 g/mol. The normalized spacial score (nSPS) is 41.8. The van der Waals surface area contributed by atoms with Crippen LogP contribution in [0.5, 0.6) is 0 Å². The number of rotatable bonds is 1. The van der Waals surface area contributed by atoms with E-state index in [0.717, 1.165) is 12.8 Å². The first kappa shape index (κ1) is 9.95. The zero-order chi connectivity index (χ0) is 10.6. The van der Waals surface area contributed by atoms with Gasteiger partial charge in [-0.1, -0.05) is 32.4 Å². The third kappa shape index (κ3) is 1.04. The largest absolute Gasteiger partial charge is 0.299 e. The Morgan fingerprint density at radius 3 is 2.43 bits per heavy atom. The van der Waals surface area contributed by atoms with Crippen molar-refractivity contribution in [2.75, 3.05) is 0 Å². The van der Waals surface area contributed by atoms with Gasteiger partial charge in [0.1, 0.15) is 5.78 Å². The monoisotopic (exact) mass is 192 g/mol. The zero-order valence-electron chi connectivity index (χ0n) is 9.68. The maximum atomic E-state index is 12.1. The smallest absolute Gasteiger partial charge is 0.143 e. The van der Waals surface area contributed by atoms with Crippen molar-refractivity contribution in [2.45, 2.75) is 47.0 Å². The fourth-order valence-electron chi connectivity index (χ4n) is 3.06. The van der Waals surface area contributed by atoms with E-state index in [-0.39, 0.29) is 10.8 Å². The fraction of sp³-hybridized carbons (Fsp3) is 0.769. The Hall–Kier alpha value is -0.590. The van der Waals surface area contributed by atoms with Crippen LogP contribution in [-0.2, 0) is 4.79 Å². The lowest BCUT2D eigenvalue weighted by Gasteiger charge is -2.50. The van der Waals surface area contributed by atoms with Gasteiger partial charge in [0.2, 0.25) is 0 Å². The van der Waals surface area contributed by atoms with Crippen LogP contribution in [0.15, 0.2) is 11.6 Å². The number of hydrogen-bond donors (Lipinski definition) is 0. The number of carbonyl (C=O) groups is 1. The maximum Gasteiger partial charge on any atom is 0.143 e. The molecule has 0 radical (unpaired) electrons. The summed E-state index contributed by atoms with van der Waals surface area (Å²) in [5.74, 6) is 0.932. The number of Topliss-reactive ketones (excluding diaryl/α,β-unsaturated/α-hetero) is 1. The van der Waals surface area contributed by atoms with E-state index in [9.17, 15) is 4.79 Å². The Kier molecular flexibility index (Phi) is 1.93. The van der Waals surface area contributed by atoms with Crippen molar-refractivity contribution in [3.63, 3.8) is 0 Å². The van der Waals surface area contributed by atoms with Gasteiger partial charge in [0.05, 0.1) is 0 Å². The summed E-state index contributed by atoms with van der Waals surface area (Å²) in [6.45, 7) is 8.79. The highest BCUT2D eigenvalue weighted by molar-refractivity contribution is 5.90. The predicted molar refractivity (Wildman–Crippen MR) is 58.0 cm³/mol. The van der Waals surface area contributed by atoms with Gasteiger partial charge >= 0.3 is 0 Å². The van der Waals surface area contributed by atoms with Gasteiger partial charge in [0, 0.05) is 11.8 Å². The van der Waals surface area contributed by atoms with Gasteiger partial charge in [0.25, 0.3) is 0 Å². The molecule has 0 unspecified atom stereocenters. The van der Waals surface area contributed by atoms with E-state index in [4.69, 9.17) is 0 Å². The van der Waals surface area contributed by atoms with Crippen LogP contribution in [0.2, 0.25) is 0 Å². The number of fused-ring (bicyclic) bond motifs is 2. The van der Waals surface area contributed by atoms with Crippen molar-refractivity contribution in [1.82, 2.24) is 0 Å². The van der Waals surface area contributed by atoms with Gasteiger partial charge < -0.3 is 0 Å². The van der Waals surface area contributed by atoms with E-state index in [1.807, 2.05) is 0 Å². The lowest BCUT2D eigenvalue weighted by molar-refractivity contribution is -0.135. The van der Waals surface area contributed by atoms with Crippen LogP contribution in [0.4, 0.5) is 0 Å². The summed E-state index contributed by atoms with van der Waals surface area (Å²) >= 11 is 0. The van der Waals surface area contributed by atoms with Gasteiger partial charge in [-0.3, -0.25) is 4.79 Å². The Labute approximate surface area is 86.6 Å². The van der Waals surface area contributed by atoms with E-state index in [2.05, 4.69) is 33.8 Å². The van der Waals surface area contributed by atoms with Crippen molar-refractivity contribution in [3.05, 3.63) is 11.6 Å². The SMILES string of the molecule is CC1=C[C@]2(C(C)C)CC[C@@]1(C)CC2=O. The number of carbonyl (C=O) groups excluding carboxylic acids is 1. The summed E-state index contributed by atoms with van der Waals surface area (Å²) in [5.41, 5.74) is 1.52. The molecule has 78 valence electrons. The highest BCUT2D eigenvalue weighted by Crippen LogP contribution is 2.56. The summed E-state index contributed by atoms with van der Waals surface area (Å²) in [4.78, 5) is 12.1. The molecule has 3 aliphatic rings. The van der Waals surface area contributed by atoms with Crippen LogP contribution < -0.4 is 0 Å². The molecule has 2 bridgehead atoms. The second-order valence-electron chi connectivity index (χ2n) is 5.68. The van der Waals surface area contributed by atoms with Gasteiger partial charge in [-0.2, -0.15) is 0 Å². The molecule has 0 amide bonds. The van der Waals surface area contributed by atoms with E-state index >= 15 is 0 Å². The molecule has 0 spiro atoms. The van der Waals surface area contributed by atoms with Crippen molar-refractivity contribution < 1.29 is 4.79 Å². The van der Waals surface area contributed by atoms with E-state index in [0.29, 0.717) is 11.7 Å². The standard InChI is InChI=1S/C13H20O/c1-9(2)13-6-5-12(4,8-11(13)14)10(3)7-13/h7,9H,5-6,8H2,1-4H3/t12-,13-/m0/s1. The molecule has 1 saturated carbocycles. The van der Waals surface area contributed by atoms with Crippen LogP contribution in [0.3, 0.4) is 0 Å². The minimum absolute atomic E-state index is 0.109. The van der Waals surface area contributed by atoms with Gasteiger partial charge in [0.15, 0.2) is 0 Å². The lowest BCUT2D eigenvalue weighted by Crippen LogP contribution is -2.48. The molecule has 0 saturated heterocycles. The van der Waals surface area contributed by atoms with Gasteiger partial charge in [-0.05, 0) is 31.1 Å². The molecule has 2 atom stereocenters. The Bertz CT molecular complexity index is 313. The second kappa shape index (κ2) is 2.71.